The van der Waals surface area contributed by atoms with Crippen LogP contribution in [0.15, 0.2) is 21.6 Å². The van der Waals surface area contributed by atoms with Crippen LogP contribution in [0.1, 0.15) is 25.0 Å². The Bertz CT molecular complexity index is 499. The summed E-state index contributed by atoms with van der Waals surface area (Å²) in [6, 6.07) is 3.05. The van der Waals surface area contributed by atoms with Crippen LogP contribution in [0, 0.1) is 0 Å². The maximum atomic E-state index is 12.1. The lowest BCUT2D eigenvalue weighted by atomic mass is 9.78. The number of aliphatic hydroxyl groups is 1. The minimum absolute atomic E-state index is 0.104. The van der Waals surface area contributed by atoms with Gasteiger partial charge in [-0.2, -0.15) is 0 Å². The third-order valence-corrected chi connectivity index (χ3v) is 4.67. The molecule has 0 spiro atoms. The summed E-state index contributed by atoms with van der Waals surface area (Å²) in [6.07, 6.45) is 2.24. The highest BCUT2D eigenvalue weighted by Crippen LogP contribution is 2.33. The van der Waals surface area contributed by atoms with E-state index in [0.29, 0.717) is 25.1 Å². The minimum atomic E-state index is -3.69. The summed E-state index contributed by atoms with van der Waals surface area (Å²) in [4.78, 5) is 0. The van der Waals surface area contributed by atoms with E-state index in [0.717, 1.165) is 6.42 Å². The van der Waals surface area contributed by atoms with Crippen molar-refractivity contribution < 1.29 is 17.9 Å². The van der Waals surface area contributed by atoms with Crippen LogP contribution in [0.5, 0.6) is 0 Å². The van der Waals surface area contributed by atoms with Crippen LogP contribution in [0.25, 0.3) is 0 Å². The SMILES string of the molecule is CNCc1ccc(S(=O)(=O)NC2(CO)CCC2)o1. The quantitative estimate of drug-likeness (QED) is 0.689. The predicted molar refractivity (Wildman–Crippen MR) is 65.5 cm³/mol. The Morgan fingerprint density at radius 3 is 2.67 bits per heavy atom. The first-order valence-electron chi connectivity index (χ1n) is 5.89. The smallest absolute Gasteiger partial charge is 0.274 e. The van der Waals surface area contributed by atoms with Gasteiger partial charge in [0.05, 0.1) is 18.7 Å². The van der Waals surface area contributed by atoms with Crippen molar-refractivity contribution in [3.8, 4) is 0 Å². The standard InChI is InChI=1S/C11H18N2O4S/c1-12-7-9-3-4-10(17-9)18(15,16)13-11(8-14)5-2-6-11/h3-4,12-14H,2,5-8H2,1H3. The fourth-order valence-electron chi connectivity index (χ4n) is 2.00. The molecule has 0 aromatic carbocycles. The minimum Gasteiger partial charge on any atom is -0.447 e. The Morgan fingerprint density at radius 2 is 2.17 bits per heavy atom. The van der Waals surface area contributed by atoms with Gasteiger partial charge in [-0.1, -0.05) is 0 Å². The Morgan fingerprint density at radius 1 is 1.44 bits per heavy atom. The summed E-state index contributed by atoms with van der Waals surface area (Å²) in [5, 5.41) is 12.0. The van der Waals surface area contributed by atoms with E-state index in [-0.39, 0.29) is 11.7 Å². The van der Waals surface area contributed by atoms with Gasteiger partial charge >= 0.3 is 0 Å². The molecule has 1 aromatic heterocycles. The van der Waals surface area contributed by atoms with Gasteiger partial charge in [0.2, 0.25) is 5.09 Å². The molecule has 7 heteroatoms. The molecule has 0 bridgehead atoms. The second-order valence-corrected chi connectivity index (χ2v) is 6.26. The summed E-state index contributed by atoms with van der Waals surface area (Å²) < 4.78 is 32.0. The maximum Gasteiger partial charge on any atom is 0.274 e. The molecule has 0 atom stereocenters. The van der Waals surface area contributed by atoms with Crippen LogP contribution in [-0.2, 0) is 16.6 Å². The number of sulfonamides is 1. The van der Waals surface area contributed by atoms with Crippen molar-refractivity contribution in [2.45, 2.75) is 36.4 Å². The second kappa shape index (κ2) is 5.00. The summed E-state index contributed by atoms with van der Waals surface area (Å²) >= 11 is 0. The molecule has 18 heavy (non-hydrogen) atoms. The fraction of sp³-hybridized carbons (Fsp3) is 0.636. The Balaban J connectivity index is 2.14. The first kappa shape index (κ1) is 13.5. The van der Waals surface area contributed by atoms with Crippen molar-refractivity contribution >= 4 is 10.0 Å². The summed E-state index contributed by atoms with van der Waals surface area (Å²) in [7, 11) is -1.94. The van der Waals surface area contributed by atoms with Crippen molar-refractivity contribution in [1.82, 2.24) is 10.0 Å². The van der Waals surface area contributed by atoms with Crippen LogP contribution >= 0.6 is 0 Å². The molecule has 0 aliphatic heterocycles. The normalized spacial score (nSPS) is 18.6. The molecule has 3 N–H and O–H groups in total. The molecule has 1 fully saturated rings. The zero-order chi connectivity index (χ0) is 13.2. The largest absolute Gasteiger partial charge is 0.447 e. The van der Waals surface area contributed by atoms with Crippen molar-refractivity contribution in [2.24, 2.45) is 0 Å². The molecule has 2 rings (SSSR count). The second-order valence-electron chi connectivity index (χ2n) is 4.65. The Hall–Kier alpha value is -0.890. The van der Waals surface area contributed by atoms with Gasteiger partial charge in [0.15, 0.2) is 0 Å². The van der Waals surface area contributed by atoms with Gasteiger partial charge in [0.25, 0.3) is 10.0 Å². The van der Waals surface area contributed by atoms with Gasteiger partial charge < -0.3 is 14.8 Å². The zero-order valence-electron chi connectivity index (χ0n) is 10.3. The molecular formula is C11H18N2O4S. The third-order valence-electron chi connectivity index (χ3n) is 3.22. The van der Waals surface area contributed by atoms with E-state index in [1.54, 1.807) is 13.1 Å². The Labute approximate surface area is 106 Å². The van der Waals surface area contributed by atoms with Crippen LogP contribution in [-0.4, -0.2) is 32.7 Å². The van der Waals surface area contributed by atoms with Gasteiger partial charge in [-0.3, -0.25) is 0 Å². The van der Waals surface area contributed by atoms with E-state index in [4.69, 9.17) is 4.42 Å². The first-order chi connectivity index (χ1) is 8.51. The molecule has 6 nitrogen and oxygen atoms in total. The molecule has 0 radical (unpaired) electrons. The number of nitrogens with one attached hydrogen (secondary N) is 2. The van der Waals surface area contributed by atoms with Crippen LogP contribution in [0.4, 0.5) is 0 Å². The molecule has 102 valence electrons. The monoisotopic (exact) mass is 274 g/mol. The maximum absolute atomic E-state index is 12.1. The first-order valence-corrected chi connectivity index (χ1v) is 7.38. The molecule has 1 aliphatic carbocycles. The van der Waals surface area contributed by atoms with Crippen molar-refractivity contribution in [1.29, 1.82) is 0 Å². The molecule has 1 saturated carbocycles. The van der Waals surface area contributed by atoms with Crippen molar-refractivity contribution in [3.63, 3.8) is 0 Å². The van der Waals surface area contributed by atoms with E-state index in [1.165, 1.54) is 6.07 Å². The van der Waals surface area contributed by atoms with Crippen molar-refractivity contribution in [2.75, 3.05) is 13.7 Å². The van der Waals surface area contributed by atoms with Crippen LogP contribution in [0.3, 0.4) is 0 Å². The van der Waals surface area contributed by atoms with Gasteiger partial charge in [-0.05, 0) is 38.4 Å². The average molecular weight is 274 g/mol. The van der Waals surface area contributed by atoms with Gasteiger partial charge in [-0.15, -0.1) is 0 Å². The Kier molecular flexibility index (Phi) is 3.76. The molecular weight excluding hydrogens is 256 g/mol. The lowest BCUT2D eigenvalue weighted by molar-refractivity contribution is 0.110. The number of hydrogen-bond donors (Lipinski definition) is 3. The highest BCUT2D eigenvalue weighted by Gasteiger charge is 2.41. The topological polar surface area (TPSA) is 91.6 Å². The summed E-state index contributed by atoms with van der Waals surface area (Å²) in [6.45, 7) is 0.289. The number of hydrogen-bond acceptors (Lipinski definition) is 5. The summed E-state index contributed by atoms with van der Waals surface area (Å²) in [5.74, 6) is 0.560. The van der Waals surface area contributed by atoms with E-state index >= 15 is 0 Å². The zero-order valence-corrected chi connectivity index (χ0v) is 11.1. The molecule has 0 saturated heterocycles. The van der Waals surface area contributed by atoms with E-state index in [2.05, 4.69) is 10.0 Å². The highest BCUT2D eigenvalue weighted by atomic mass is 32.2. The van der Waals surface area contributed by atoms with Gasteiger partial charge in [0, 0.05) is 0 Å². The molecule has 0 unspecified atom stereocenters. The molecule has 0 amide bonds. The molecule has 1 aliphatic rings. The highest BCUT2D eigenvalue weighted by molar-refractivity contribution is 7.89. The average Bonchev–Trinajstić information content (AvgIpc) is 2.73. The van der Waals surface area contributed by atoms with Crippen LogP contribution in [0.2, 0.25) is 0 Å². The van der Waals surface area contributed by atoms with E-state index < -0.39 is 15.6 Å². The number of furan rings is 1. The third kappa shape index (κ3) is 2.59. The molecule has 1 heterocycles. The predicted octanol–water partition coefficient (Wildman–Crippen LogP) is 0.192. The fourth-order valence-corrected chi connectivity index (χ4v) is 3.41. The van der Waals surface area contributed by atoms with E-state index in [9.17, 15) is 13.5 Å². The van der Waals surface area contributed by atoms with E-state index in [1.807, 2.05) is 0 Å². The lowest BCUT2D eigenvalue weighted by Crippen LogP contribution is -2.55. The molecule has 1 aromatic rings. The van der Waals surface area contributed by atoms with Gasteiger partial charge in [-0.25, -0.2) is 13.1 Å². The van der Waals surface area contributed by atoms with Crippen LogP contribution < -0.4 is 10.0 Å². The lowest BCUT2D eigenvalue weighted by Gasteiger charge is -2.40. The number of aliphatic hydroxyl groups excluding tert-OH is 1. The van der Waals surface area contributed by atoms with Crippen molar-refractivity contribution in [3.05, 3.63) is 17.9 Å². The number of rotatable bonds is 6. The summed E-state index contributed by atoms with van der Waals surface area (Å²) in [5.41, 5.74) is -0.700. The van der Waals surface area contributed by atoms with Gasteiger partial charge in [0.1, 0.15) is 5.76 Å².